The molecule has 0 bridgehead atoms. The number of benzene rings is 1. The van der Waals surface area contributed by atoms with Crippen molar-refractivity contribution in [1.82, 2.24) is 19.1 Å². The molecule has 35 heavy (non-hydrogen) atoms. The van der Waals surface area contributed by atoms with Crippen molar-refractivity contribution >= 4 is 28.5 Å². The Bertz CT molecular complexity index is 1570. The molecule has 0 unspecified atom stereocenters. The standard InChI is InChI=1S/C26H24N6O3/c1-15(33)10-18-12-19(8-9-28-18)35-23-7-6-21-24(20(23)13-27)32(3)26(29-21)30-22-11-17(16-4-5-16)14-31(2)25(22)34/h6-9,11-12,14,16H,4-5,10H2,1-3H3,(H,29,30). The molecule has 0 radical (unpaired) electrons. The van der Waals surface area contributed by atoms with E-state index in [1.807, 2.05) is 12.3 Å². The summed E-state index contributed by atoms with van der Waals surface area (Å²) in [6, 6.07) is 10.9. The van der Waals surface area contributed by atoms with Gasteiger partial charge in [0.15, 0.2) is 0 Å². The summed E-state index contributed by atoms with van der Waals surface area (Å²) in [5, 5.41) is 13.1. The fourth-order valence-corrected chi connectivity index (χ4v) is 4.18. The van der Waals surface area contributed by atoms with E-state index in [1.165, 1.54) is 6.92 Å². The minimum absolute atomic E-state index is 0.00111. The summed E-state index contributed by atoms with van der Waals surface area (Å²) in [4.78, 5) is 33.0. The monoisotopic (exact) mass is 468 g/mol. The van der Waals surface area contributed by atoms with Gasteiger partial charge in [0.2, 0.25) is 5.95 Å². The first-order valence-electron chi connectivity index (χ1n) is 11.3. The van der Waals surface area contributed by atoms with Gasteiger partial charge in [-0.15, -0.1) is 0 Å². The molecule has 9 nitrogen and oxygen atoms in total. The maximum Gasteiger partial charge on any atom is 0.274 e. The first kappa shape index (κ1) is 22.3. The Labute approximate surface area is 201 Å². The zero-order valence-electron chi connectivity index (χ0n) is 19.7. The number of carbonyl (C=O) groups is 1. The second-order valence-corrected chi connectivity index (χ2v) is 8.88. The molecule has 5 rings (SSSR count). The van der Waals surface area contributed by atoms with E-state index in [9.17, 15) is 14.9 Å². The molecule has 1 saturated carbocycles. The SMILES string of the molecule is CC(=O)Cc1cc(Oc2ccc3nc(Nc4cc(C5CC5)cn(C)c4=O)n(C)c3c2C#N)ccn1. The van der Waals surface area contributed by atoms with E-state index in [4.69, 9.17) is 4.74 Å². The molecular formula is C26H24N6O3. The Morgan fingerprint density at radius 3 is 2.77 bits per heavy atom. The van der Waals surface area contributed by atoms with Gasteiger partial charge in [-0.1, -0.05) is 0 Å². The lowest BCUT2D eigenvalue weighted by molar-refractivity contribution is -0.116. The van der Waals surface area contributed by atoms with Crippen LogP contribution in [0.2, 0.25) is 0 Å². The minimum Gasteiger partial charge on any atom is -0.456 e. The van der Waals surface area contributed by atoms with Crippen LogP contribution in [0.4, 0.5) is 11.6 Å². The average Bonchev–Trinajstić information content (AvgIpc) is 3.62. The number of nitrogens with one attached hydrogen (secondary N) is 1. The third kappa shape index (κ3) is 4.38. The van der Waals surface area contributed by atoms with E-state index in [0.29, 0.717) is 51.3 Å². The predicted molar refractivity (Wildman–Crippen MR) is 131 cm³/mol. The van der Waals surface area contributed by atoms with Crippen LogP contribution in [0.3, 0.4) is 0 Å². The lowest BCUT2D eigenvalue weighted by Crippen LogP contribution is -2.20. The average molecular weight is 469 g/mol. The minimum atomic E-state index is -0.148. The summed E-state index contributed by atoms with van der Waals surface area (Å²) in [6.45, 7) is 1.50. The van der Waals surface area contributed by atoms with E-state index in [2.05, 4.69) is 21.4 Å². The summed E-state index contributed by atoms with van der Waals surface area (Å²) in [5.74, 6) is 1.79. The highest BCUT2D eigenvalue weighted by Gasteiger charge is 2.25. The normalized spacial score (nSPS) is 13.0. The van der Waals surface area contributed by atoms with Crippen LogP contribution in [0.25, 0.3) is 11.0 Å². The number of ether oxygens (including phenoxy) is 1. The first-order chi connectivity index (χ1) is 16.8. The van der Waals surface area contributed by atoms with Gasteiger partial charge in [-0.05, 0) is 55.5 Å². The van der Waals surface area contributed by atoms with Crippen molar-refractivity contribution in [2.24, 2.45) is 14.1 Å². The molecule has 4 aromatic rings. The number of nitriles is 1. The Balaban J connectivity index is 1.51. The number of hydrogen-bond donors (Lipinski definition) is 1. The fourth-order valence-electron chi connectivity index (χ4n) is 4.18. The summed E-state index contributed by atoms with van der Waals surface area (Å²) in [5.41, 5.74) is 3.52. The number of imidazole rings is 1. The van der Waals surface area contributed by atoms with Crippen molar-refractivity contribution in [2.75, 3.05) is 5.32 Å². The number of ketones is 1. The molecule has 1 aliphatic carbocycles. The Morgan fingerprint density at radius 1 is 1.26 bits per heavy atom. The quantitative estimate of drug-likeness (QED) is 0.434. The number of Topliss-reactive ketones (excluding diaryl/α,β-unsaturated/α-hetero) is 1. The van der Waals surface area contributed by atoms with Crippen molar-refractivity contribution in [3.8, 4) is 17.6 Å². The first-order valence-corrected chi connectivity index (χ1v) is 11.3. The number of nitrogens with zero attached hydrogens (tertiary/aromatic N) is 5. The Morgan fingerprint density at radius 2 is 2.06 bits per heavy atom. The number of hydrogen-bond acceptors (Lipinski definition) is 7. The van der Waals surface area contributed by atoms with E-state index < -0.39 is 0 Å². The van der Waals surface area contributed by atoms with Crippen molar-refractivity contribution in [1.29, 1.82) is 5.26 Å². The molecule has 1 aliphatic rings. The van der Waals surface area contributed by atoms with Crippen LogP contribution in [0.1, 0.15) is 42.5 Å². The van der Waals surface area contributed by atoms with Crippen molar-refractivity contribution in [2.45, 2.75) is 32.1 Å². The molecule has 0 amide bonds. The predicted octanol–water partition coefficient (Wildman–Crippen LogP) is 4.08. The van der Waals surface area contributed by atoms with Gasteiger partial charge >= 0.3 is 0 Å². The molecule has 3 heterocycles. The van der Waals surface area contributed by atoms with Gasteiger partial charge < -0.3 is 19.2 Å². The zero-order chi connectivity index (χ0) is 24.7. The van der Waals surface area contributed by atoms with Crippen molar-refractivity contribution < 1.29 is 9.53 Å². The number of rotatable bonds is 7. The van der Waals surface area contributed by atoms with Gasteiger partial charge in [0.25, 0.3) is 5.56 Å². The molecule has 9 heteroatoms. The number of aromatic nitrogens is 4. The molecule has 176 valence electrons. The van der Waals surface area contributed by atoms with Crippen LogP contribution in [-0.4, -0.2) is 24.9 Å². The molecule has 1 N–H and O–H groups in total. The third-order valence-electron chi connectivity index (χ3n) is 6.06. The van der Waals surface area contributed by atoms with Gasteiger partial charge in [-0.2, -0.15) is 5.26 Å². The summed E-state index contributed by atoms with van der Waals surface area (Å²) in [6.07, 6.45) is 5.93. The number of anilines is 2. The van der Waals surface area contributed by atoms with E-state index in [1.54, 1.807) is 53.7 Å². The van der Waals surface area contributed by atoms with Crippen LogP contribution in [0.15, 0.2) is 47.5 Å². The third-order valence-corrected chi connectivity index (χ3v) is 6.06. The van der Waals surface area contributed by atoms with Crippen molar-refractivity contribution in [3.05, 3.63) is 69.9 Å². The second-order valence-electron chi connectivity index (χ2n) is 8.88. The van der Waals surface area contributed by atoms with E-state index >= 15 is 0 Å². The molecule has 3 aromatic heterocycles. The van der Waals surface area contributed by atoms with Crippen LogP contribution >= 0.6 is 0 Å². The van der Waals surface area contributed by atoms with Crippen LogP contribution < -0.4 is 15.6 Å². The summed E-state index contributed by atoms with van der Waals surface area (Å²) >= 11 is 0. The smallest absolute Gasteiger partial charge is 0.274 e. The lowest BCUT2D eigenvalue weighted by atomic mass is 10.1. The highest BCUT2D eigenvalue weighted by molar-refractivity contribution is 5.87. The lowest BCUT2D eigenvalue weighted by Gasteiger charge is -2.11. The van der Waals surface area contributed by atoms with Crippen LogP contribution in [0.5, 0.6) is 11.5 Å². The zero-order valence-corrected chi connectivity index (χ0v) is 19.7. The largest absolute Gasteiger partial charge is 0.456 e. The Kier molecular flexibility index (Phi) is 5.57. The molecular weight excluding hydrogens is 444 g/mol. The van der Waals surface area contributed by atoms with Crippen molar-refractivity contribution in [3.63, 3.8) is 0 Å². The van der Waals surface area contributed by atoms with E-state index in [0.717, 1.165) is 18.4 Å². The van der Waals surface area contributed by atoms with E-state index in [-0.39, 0.29) is 17.8 Å². The fraction of sp³-hybridized carbons (Fsp3) is 0.269. The number of carbonyl (C=O) groups excluding carboxylic acids is 1. The molecule has 0 aliphatic heterocycles. The number of aryl methyl sites for hydroxylation is 2. The van der Waals surface area contributed by atoms with Gasteiger partial charge in [-0.3, -0.25) is 14.6 Å². The topological polar surface area (TPSA) is 115 Å². The van der Waals surface area contributed by atoms with Gasteiger partial charge in [0, 0.05) is 39.0 Å². The highest BCUT2D eigenvalue weighted by atomic mass is 16.5. The molecule has 0 saturated heterocycles. The maximum absolute atomic E-state index is 12.7. The molecule has 0 spiro atoms. The summed E-state index contributed by atoms with van der Waals surface area (Å²) in [7, 11) is 3.53. The molecule has 0 atom stereocenters. The number of pyridine rings is 2. The van der Waals surface area contributed by atoms with Crippen LogP contribution in [-0.2, 0) is 25.3 Å². The van der Waals surface area contributed by atoms with Gasteiger partial charge in [0.1, 0.15) is 34.6 Å². The Hall–Kier alpha value is -4.45. The van der Waals surface area contributed by atoms with Gasteiger partial charge in [0.05, 0.1) is 16.7 Å². The summed E-state index contributed by atoms with van der Waals surface area (Å²) < 4.78 is 9.34. The van der Waals surface area contributed by atoms with Crippen LogP contribution in [0, 0.1) is 11.3 Å². The molecule has 1 fully saturated rings. The van der Waals surface area contributed by atoms with Gasteiger partial charge in [-0.25, -0.2) is 4.98 Å². The highest BCUT2D eigenvalue weighted by Crippen LogP contribution is 2.40. The molecule has 1 aromatic carbocycles. The maximum atomic E-state index is 12.7. The number of fused-ring (bicyclic) bond motifs is 1. The second kappa shape index (κ2) is 8.72.